The van der Waals surface area contributed by atoms with Gasteiger partial charge in [0.25, 0.3) is 0 Å². The number of hydrogen-bond acceptors (Lipinski definition) is 4. The summed E-state index contributed by atoms with van der Waals surface area (Å²) in [6, 6.07) is 7.19. The maximum atomic E-state index is 10.8. The minimum absolute atomic E-state index is 0.192. The van der Waals surface area contributed by atoms with Crippen LogP contribution < -0.4 is 10.6 Å². The fourth-order valence-electron chi connectivity index (χ4n) is 2.54. The Morgan fingerprint density at radius 1 is 1.30 bits per heavy atom. The Kier molecular flexibility index (Phi) is 3.52. The fourth-order valence-corrected chi connectivity index (χ4v) is 2.54. The molecule has 0 radical (unpaired) electrons. The second-order valence-corrected chi connectivity index (χ2v) is 5.07. The SMILES string of the molecule is O=C(O)c1ccc(/C=C/C2=NC3NCCCC3N2)cc1. The number of piperidine rings is 1. The van der Waals surface area contributed by atoms with Crippen LogP contribution in [0, 0.1) is 0 Å². The quantitative estimate of drug-likeness (QED) is 0.778. The topological polar surface area (TPSA) is 73.7 Å². The Bertz CT molecular complexity index is 563. The number of carbonyl (C=O) groups is 1. The highest BCUT2D eigenvalue weighted by Crippen LogP contribution is 2.15. The van der Waals surface area contributed by atoms with E-state index in [1.165, 1.54) is 6.42 Å². The first-order chi connectivity index (χ1) is 9.72. The van der Waals surface area contributed by atoms with Gasteiger partial charge in [-0.25, -0.2) is 9.79 Å². The minimum Gasteiger partial charge on any atom is -0.478 e. The fraction of sp³-hybridized carbons (Fsp3) is 0.333. The molecule has 1 saturated heterocycles. The van der Waals surface area contributed by atoms with E-state index in [1.807, 2.05) is 12.2 Å². The molecule has 104 valence electrons. The van der Waals surface area contributed by atoms with E-state index in [0.717, 1.165) is 24.4 Å². The number of benzene rings is 1. The number of carboxylic acids is 1. The van der Waals surface area contributed by atoms with Gasteiger partial charge in [-0.05, 0) is 43.2 Å². The number of rotatable bonds is 3. The van der Waals surface area contributed by atoms with Gasteiger partial charge < -0.3 is 10.4 Å². The van der Waals surface area contributed by atoms with Gasteiger partial charge in [-0.3, -0.25) is 5.32 Å². The summed E-state index contributed by atoms with van der Waals surface area (Å²) >= 11 is 0. The van der Waals surface area contributed by atoms with Crippen LogP contribution in [0.25, 0.3) is 6.08 Å². The predicted molar refractivity (Wildman–Crippen MR) is 77.8 cm³/mol. The Morgan fingerprint density at radius 2 is 2.10 bits per heavy atom. The number of fused-ring (bicyclic) bond motifs is 1. The molecule has 2 aliphatic heterocycles. The molecular weight excluding hydrogens is 254 g/mol. The average Bonchev–Trinajstić information content (AvgIpc) is 2.88. The third kappa shape index (κ3) is 2.72. The zero-order valence-electron chi connectivity index (χ0n) is 11.0. The van der Waals surface area contributed by atoms with Crippen molar-refractivity contribution in [3.8, 4) is 0 Å². The van der Waals surface area contributed by atoms with Gasteiger partial charge in [0.05, 0.1) is 11.6 Å². The molecule has 3 rings (SSSR count). The first-order valence-corrected chi connectivity index (χ1v) is 6.81. The van der Waals surface area contributed by atoms with E-state index in [4.69, 9.17) is 5.11 Å². The molecule has 2 unspecified atom stereocenters. The van der Waals surface area contributed by atoms with Crippen LogP contribution in [0.2, 0.25) is 0 Å². The molecule has 0 amide bonds. The van der Waals surface area contributed by atoms with Crippen LogP contribution in [0.1, 0.15) is 28.8 Å². The molecule has 20 heavy (non-hydrogen) atoms. The summed E-state index contributed by atoms with van der Waals surface area (Å²) in [5.41, 5.74) is 1.26. The largest absolute Gasteiger partial charge is 0.478 e. The normalized spacial score (nSPS) is 25.1. The second kappa shape index (κ2) is 5.46. The molecule has 2 heterocycles. The number of aromatic carboxylic acids is 1. The van der Waals surface area contributed by atoms with Crippen LogP contribution in [0.3, 0.4) is 0 Å². The van der Waals surface area contributed by atoms with E-state index in [1.54, 1.807) is 24.3 Å². The standard InChI is InChI=1S/C15H17N3O2/c19-15(20)11-6-3-10(4-7-11)5-8-13-17-12-2-1-9-16-14(12)18-13/h3-8,12,14,16H,1-2,9H2,(H,17,18)(H,19,20)/b8-5+. The zero-order chi connectivity index (χ0) is 13.9. The van der Waals surface area contributed by atoms with Gasteiger partial charge in [-0.15, -0.1) is 0 Å². The summed E-state index contributed by atoms with van der Waals surface area (Å²) in [5.74, 6) is -0.0192. The van der Waals surface area contributed by atoms with Crippen LogP contribution >= 0.6 is 0 Å². The Morgan fingerprint density at radius 3 is 2.80 bits per heavy atom. The second-order valence-electron chi connectivity index (χ2n) is 5.07. The zero-order valence-corrected chi connectivity index (χ0v) is 11.0. The molecule has 0 aliphatic carbocycles. The van der Waals surface area contributed by atoms with E-state index in [-0.39, 0.29) is 6.17 Å². The summed E-state index contributed by atoms with van der Waals surface area (Å²) in [7, 11) is 0. The number of aliphatic imine (C=N–C) groups is 1. The van der Waals surface area contributed by atoms with Crippen molar-refractivity contribution in [2.24, 2.45) is 4.99 Å². The molecule has 2 atom stereocenters. The van der Waals surface area contributed by atoms with E-state index in [9.17, 15) is 4.79 Å². The average molecular weight is 271 g/mol. The molecule has 1 fully saturated rings. The molecule has 1 aromatic carbocycles. The summed E-state index contributed by atoms with van der Waals surface area (Å²) in [6.07, 6.45) is 6.39. The van der Waals surface area contributed by atoms with E-state index in [2.05, 4.69) is 15.6 Å². The van der Waals surface area contributed by atoms with Crippen molar-refractivity contribution in [3.63, 3.8) is 0 Å². The maximum Gasteiger partial charge on any atom is 0.335 e. The summed E-state index contributed by atoms with van der Waals surface area (Å²) in [6.45, 7) is 1.03. The van der Waals surface area contributed by atoms with Gasteiger partial charge in [-0.1, -0.05) is 18.2 Å². The molecule has 0 bridgehead atoms. The molecule has 0 spiro atoms. The van der Waals surface area contributed by atoms with Gasteiger partial charge in [0.2, 0.25) is 0 Å². The van der Waals surface area contributed by atoms with Gasteiger partial charge in [0.15, 0.2) is 0 Å². The van der Waals surface area contributed by atoms with Crippen molar-refractivity contribution in [3.05, 3.63) is 41.5 Å². The van der Waals surface area contributed by atoms with Crippen LogP contribution in [0.5, 0.6) is 0 Å². The molecule has 1 aromatic rings. The van der Waals surface area contributed by atoms with E-state index >= 15 is 0 Å². The summed E-state index contributed by atoms with van der Waals surface area (Å²) < 4.78 is 0. The van der Waals surface area contributed by atoms with Crippen LogP contribution in [0.15, 0.2) is 35.3 Å². The van der Waals surface area contributed by atoms with Gasteiger partial charge in [0.1, 0.15) is 12.0 Å². The Labute approximate surface area is 117 Å². The smallest absolute Gasteiger partial charge is 0.335 e. The van der Waals surface area contributed by atoms with Crippen molar-refractivity contribution in [2.45, 2.75) is 25.0 Å². The third-order valence-corrected chi connectivity index (χ3v) is 3.63. The van der Waals surface area contributed by atoms with E-state index < -0.39 is 5.97 Å². The monoisotopic (exact) mass is 271 g/mol. The molecule has 0 saturated carbocycles. The van der Waals surface area contributed by atoms with Gasteiger partial charge >= 0.3 is 5.97 Å². The molecule has 0 aromatic heterocycles. The lowest BCUT2D eigenvalue weighted by molar-refractivity contribution is 0.0697. The van der Waals surface area contributed by atoms with Crippen molar-refractivity contribution in [1.82, 2.24) is 10.6 Å². The highest BCUT2D eigenvalue weighted by molar-refractivity contribution is 5.98. The minimum atomic E-state index is -0.905. The molecule has 3 N–H and O–H groups in total. The number of hydrogen-bond donors (Lipinski definition) is 3. The Hall–Kier alpha value is -2.14. The van der Waals surface area contributed by atoms with E-state index in [0.29, 0.717) is 11.6 Å². The maximum absolute atomic E-state index is 10.8. The van der Waals surface area contributed by atoms with Crippen molar-refractivity contribution >= 4 is 17.9 Å². The lowest BCUT2D eigenvalue weighted by Gasteiger charge is -2.24. The van der Waals surface area contributed by atoms with Gasteiger partial charge in [-0.2, -0.15) is 0 Å². The van der Waals surface area contributed by atoms with Crippen LogP contribution in [0.4, 0.5) is 0 Å². The number of nitrogens with zero attached hydrogens (tertiary/aromatic N) is 1. The van der Waals surface area contributed by atoms with Crippen molar-refractivity contribution in [1.29, 1.82) is 0 Å². The van der Waals surface area contributed by atoms with Crippen LogP contribution in [-0.2, 0) is 0 Å². The first-order valence-electron chi connectivity index (χ1n) is 6.81. The molecule has 5 nitrogen and oxygen atoms in total. The number of nitrogens with one attached hydrogen (secondary N) is 2. The van der Waals surface area contributed by atoms with Crippen molar-refractivity contribution in [2.75, 3.05) is 6.54 Å². The third-order valence-electron chi connectivity index (χ3n) is 3.63. The van der Waals surface area contributed by atoms with Crippen molar-refractivity contribution < 1.29 is 9.90 Å². The highest BCUT2D eigenvalue weighted by atomic mass is 16.4. The van der Waals surface area contributed by atoms with Gasteiger partial charge in [0, 0.05) is 0 Å². The molecular formula is C15H17N3O2. The van der Waals surface area contributed by atoms with Crippen LogP contribution in [-0.4, -0.2) is 35.7 Å². The lowest BCUT2D eigenvalue weighted by atomic mass is 10.1. The highest BCUT2D eigenvalue weighted by Gasteiger charge is 2.29. The molecule has 2 aliphatic rings. The number of carboxylic acid groups (broad SMARTS) is 1. The summed E-state index contributed by atoms with van der Waals surface area (Å²) in [4.78, 5) is 15.4. The number of amidine groups is 1. The first kappa shape index (κ1) is 12.9. The predicted octanol–water partition coefficient (Wildman–Crippen LogP) is 1.48. The Balaban J connectivity index is 1.67. The lowest BCUT2D eigenvalue weighted by Crippen LogP contribution is -2.46. The summed E-state index contributed by atoms with van der Waals surface area (Å²) in [5, 5.41) is 15.6. The molecule has 5 heteroatoms.